The van der Waals surface area contributed by atoms with Gasteiger partial charge < -0.3 is 9.64 Å². The van der Waals surface area contributed by atoms with Gasteiger partial charge in [-0.05, 0) is 18.6 Å². The smallest absolute Gasteiger partial charge is 0.325 e. The molecular weight excluding hydrogens is 230 g/mol. The molecule has 18 heavy (non-hydrogen) atoms. The third kappa shape index (κ3) is 4.41. The van der Waals surface area contributed by atoms with E-state index in [9.17, 15) is 9.59 Å². The molecule has 0 aliphatic carbocycles. The normalized spacial score (nSPS) is 10.3. The molecule has 0 unspecified atom stereocenters. The molecule has 0 aliphatic heterocycles. The number of methoxy groups -OCH3 is 1. The third-order valence-corrected chi connectivity index (χ3v) is 2.46. The largest absolute Gasteiger partial charge is 0.468 e. The van der Waals surface area contributed by atoms with Crippen LogP contribution in [0.25, 0.3) is 6.08 Å². The maximum atomic E-state index is 11.8. The molecular formula is C14H17NO3. The van der Waals surface area contributed by atoms with Crippen molar-refractivity contribution in [3.63, 3.8) is 0 Å². The number of hydrogen-bond acceptors (Lipinski definition) is 3. The first-order valence-corrected chi connectivity index (χ1v) is 5.76. The maximum Gasteiger partial charge on any atom is 0.325 e. The van der Waals surface area contributed by atoms with Crippen molar-refractivity contribution in [1.29, 1.82) is 0 Å². The van der Waals surface area contributed by atoms with Gasteiger partial charge in [0.25, 0.3) is 0 Å². The number of carbonyl (C=O) groups is 2. The summed E-state index contributed by atoms with van der Waals surface area (Å²) in [7, 11) is 1.31. The van der Waals surface area contributed by atoms with Gasteiger partial charge in [-0.1, -0.05) is 30.3 Å². The quantitative estimate of drug-likeness (QED) is 0.588. The monoisotopic (exact) mass is 247 g/mol. The summed E-state index contributed by atoms with van der Waals surface area (Å²) < 4.78 is 4.54. The number of hydrogen-bond donors (Lipinski definition) is 0. The molecule has 96 valence electrons. The lowest BCUT2D eigenvalue weighted by Crippen LogP contribution is -2.34. The Balaban J connectivity index is 2.62. The Kier molecular flexibility index (Phi) is 5.64. The summed E-state index contributed by atoms with van der Waals surface area (Å²) in [6.45, 7) is 2.26. The third-order valence-electron chi connectivity index (χ3n) is 2.46. The van der Waals surface area contributed by atoms with Gasteiger partial charge in [0.1, 0.15) is 6.54 Å². The Morgan fingerprint density at radius 1 is 1.28 bits per heavy atom. The summed E-state index contributed by atoms with van der Waals surface area (Å²) in [5.74, 6) is -0.620. The van der Waals surface area contributed by atoms with Gasteiger partial charge in [-0.2, -0.15) is 0 Å². The van der Waals surface area contributed by atoms with E-state index < -0.39 is 5.97 Å². The highest BCUT2D eigenvalue weighted by Gasteiger charge is 2.12. The van der Waals surface area contributed by atoms with Crippen molar-refractivity contribution >= 4 is 18.0 Å². The lowest BCUT2D eigenvalue weighted by molar-refractivity contribution is -0.145. The highest BCUT2D eigenvalue weighted by molar-refractivity contribution is 5.93. The number of likely N-dealkylation sites (N-methyl/N-ethyl adjacent to an activating group) is 1. The second-order valence-corrected chi connectivity index (χ2v) is 3.67. The van der Waals surface area contributed by atoms with Crippen molar-refractivity contribution < 1.29 is 14.3 Å². The van der Waals surface area contributed by atoms with Gasteiger partial charge in [-0.15, -0.1) is 0 Å². The molecule has 0 fully saturated rings. The SMILES string of the molecule is CCN(CC(=O)OC)C(=O)C=Cc1ccccc1. The van der Waals surface area contributed by atoms with Crippen molar-refractivity contribution in [2.75, 3.05) is 20.2 Å². The van der Waals surface area contributed by atoms with Crippen LogP contribution >= 0.6 is 0 Å². The molecule has 4 heteroatoms. The minimum Gasteiger partial charge on any atom is -0.468 e. The molecule has 1 amide bonds. The highest BCUT2D eigenvalue weighted by atomic mass is 16.5. The Bertz CT molecular complexity index is 426. The van der Waals surface area contributed by atoms with Gasteiger partial charge in [0.2, 0.25) is 5.91 Å². The molecule has 0 N–H and O–H groups in total. The van der Waals surface area contributed by atoms with Crippen LogP contribution in [0.3, 0.4) is 0 Å². The minimum atomic E-state index is -0.418. The van der Waals surface area contributed by atoms with E-state index in [1.807, 2.05) is 37.3 Å². The van der Waals surface area contributed by atoms with Crippen molar-refractivity contribution in [1.82, 2.24) is 4.90 Å². The average Bonchev–Trinajstić information content (AvgIpc) is 2.42. The minimum absolute atomic E-state index is 0.0229. The van der Waals surface area contributed by atoms with Gasteiger partial charge in [0.15, 0.2) is 0 Å². The Morgan fingerprint density at radius 3 is 2.50 bits per heavy atom. The van der Waals surface area contributed by atoms with E-state index in [4.69, 9.17) is 0 Å². The summed E-state index contributed by atoms with van der Waals surface area (Å²) in [6.07, 6.45) is 3.18. The predicted octanol–water partition coefficient (Wildman–Crippen LogP) is 1.72. The zero-order chi connectivity index (χ0) is 13.4. The summed E-state index contributed by atoms with van der Waals surface area (Å²) >= 11 is 0. The highest BCUT2D eigenvalue weighted by Crippen LogP contribution is 2.02. The van der Waals surface area contributed by atoms with E-state index in [1.54, 1.807) is 6.08 Å². The second-order valence-electron chi connectivity index (χ2n) is 3.67. The van der Waals surface area contributed by atoms with Gasteiger partial charge in [-0.3, -0.25) is 9.59 Å². The van der Waals surface area contributed by atoms with Crippen LogP contribution in [-0.2, 0) is 14.3 Å². The summed E-state index contributed by atoms with van der Waals surface area (Å²) in [4.78, 5) is 24.4. The number of nitrogens with zero attached hydrogens (tertiary/aromatic N) is 1. The van der Waals surface area contributed by atoms with Gasteiger partial charge >= 0.3 is 5.97 Å². The molecule has 1 aromatic rings. The van der Waals surface area contributed by atoms with E-state index in [-0.39, 0.29) is 12.5 Å². The molecule has 0 spiro atoms. The Morgan fingerprint density at radius 2 is 1.94 bits per heavy atom. The van der Waals surface area contributed by atoms with Crippen LogP contribution in [-0.4, -0.2) is 37.0 Å². The summed E-state index contributed by atoms with van der Waals surface area (Å²) in [6, 6.07) is 9.52. The number of ether oxygens (including phenoxy) is 1. The molecule has 0 atom stereocenters. The number of benzene rings is 1. The van der Waals surface area contributed by atoms with Crippen LogP contribution in [0.4, 0.5) is 0 Å². The van der Waals surface area contributed by atoms with Crippen molar-refractivity contribution in [2.45, 2.75) is 6.92 Å². The zero-order valence-corrected chi connectivity index (χ0v) is 10.6. The van der Waals surface area contributed by atoms with Crippen LogP contribution in [0.5, 0.6) is 0 Å². The van der Waals surface area contributed by atoms with E-state index >= 15 is 0 Å². The molecule has 0 bridgehead atoms. The molecule has 0 radical (unpaired) electrons. The van der Waals surface area contributed by atoms with Gasteiger partial charge in [0.05, 0.1) is 7.11 Å². The zero-order valence-electron chi connectivity index (χ0n) is 10.6. The van der Waals surface area contributed by atoms with Crippen molar-refractivity contribution in [3.8, 4) is 0 Å². The lowest BCUT2D eigenvalue weighted by atomic mass is 10.2. The fourth-order valence-electron chi connectivity index (χ4n) is 1.40. The molecule has 1 rings (SSSR count). The number of carbonyl (C=O) groups excluding carboxylic acids is 2. The van der Waals surface area contributed by atoms with Crippen LogP contribution < -0.4 is 0 Å². The number of rotatable bonds is 5. The molecule has 0 saturated carbocycles. The van der Waals surface area contributed by atoms with Crippen LogP contribution in [0.2, 0.25) is 0 Å². The molecule has 0 aromatic heterocycles. The second kappa shape index (κ2) is 7.27. The molecule has 1 aromatic carbocycles. The Hall–Kier alpha value is -2.10. The van der Waals surface area contributed by atoms with Crippen LogP contribution in [0, 0.1) is 0 Å². The fourth-order valence-corrected chi connectivity index (χ4v) is 1.40. The fraction of sp³-hybridized carbons (Fsp3) is 0.286. The van der Waals surface area contributed by atoms with E-state index in [2.05, 4.69) is 4.74 Å². The van der Waals surface area contributed by atoms with E-state index in [1.165, 1.54) is 18.1 Å². The van der Waals surface area contributed by atoms with Crippen molar-refractivity contribution in [3.05, 3.63) is 42.0 Å². The first-order valence-electron chi connectivity index (χ1n) is 5.76. The number of amides is 1. The standard InChI is InChI=1S/C14H17NO3/c1-3-15(11-14(17)18-2)13(16)10-9-12-7-5-4-6-8-12/h4-10H,3,11H2,1-2H3. The Labute approximate surface area is 107 Å². The topological polar surface area (TPSA) is 46.6 Å². The van der Waals surface area contributed by atoms with Gasteiger partial charge in [0, 0.05) is 12.6 Å². The average molecular weight is 247 g/mol. The number of esters is 1. The predicted molar refractivity (Wildman–Crippen MR) is 69.7 cm³/mol. The van der Waals surface area contributed by atoms with Crippen LogP contribution in [0.15, 0.2) is 36.4 Å². The molecule has 0 aliphatic rings. The maximum absolute atomic E-state index is 11.8. The van der Waals surface area contributed by atoms with Crippen molar-refractivity contribution in [2.24, 2.45) is 0 Å². The summed E-state index contributed by atoms with van der Waals surface area (Å²) in [5, 5.41) is 0. The molecule has 0 saturated heterocycles. The molecule has 4 nitrogen and oxygen atoms in total. The van der Waals surface area contributed by atoms with E-state index in [0.717, 1.165) is 5.56 Å². The van der Waals surface area contributed by atoms with E-state index in [0.29, 0.717) is 6.54 Å². The molecule has 0 heterocycles. The lowest BCUT2D eigenvalue weighted by Gasteiger charge is -2.17. The van der Waals surface area contributed by atoms with Gasteiger partial charge in [-0.25, -0.2) is 0 Å². The first-order chi connectivity index (χ1) is 8.67. The summed E-state index contributed by atoms with van der Waals surface area (Å²) in [5.41, 5.74) is 0.944. The first kappa shape index (κ1) is 14.0. The van der Waals surface area contributed by atoms with Crippen LogP contribution in [0.1, 0.15) is 12.5 Å².